The molecule has 1 atom stereocenters. The number of halogens is 1. The van der Waals surface area contributed by atoms with Crippen LogP contribution in [0.1, 0.15) is 0 Å². The summed E-state index contributed by atoms with van der Waals surface area (Å²) in [6, 6.07) is 0.243. The molecular formula is C7H15ClN2O. The maximum absolute atomic E-state index is 8.85. The van der Waals surface area contributed by atoms with Gasteiger partial charge in [0, 0.05) is 38.1 Å². The van der Waals surface area contributed by atoms with Crippen LogP contribution in [0.15, 0.2) is 0 Å². The van der Waals surface area contributed by atoms with Crippen molar-refractivity contribution in [2.45, 2.75) is 6.04 Å². The van der Waals surface area contributed by atoms with Crippen LogP contribution >= 0.6 is 11.6 Å². The van der Waals surface area contributed by atoms with Crippen molar-refractivity contribution in [2.24, 2.45) is 0 Å². The van der Waals surface area contributed by atoms with E-state index in [9.17, 15) is 0 Å². The highest BCUT2D eigenvalue weighted by Crippen LogP contribution is 1.98. The molecule has 1 fully saturated rings. The topological polar surface area (TPSA) is 35.5 Å². The minimum Gasteiger partial charge on any atom is -0.395 e. The standard InChI is InChI=1S/C7H15ClN2O/c8-1-3-10-4-2-9-7(5-10)6-11/h7,9,11H,1-6H2/t7-/m0/s1. The van der Waals surface area contributed by atoms with Crippen LogP contribution in [0.5, 0.6) is 0 Å². The third-order valence-corrected chi connectivity index (χ3v) is 2.13. The van der Waals surface area contributed by atoms with Gasteiger partial charge in [-0.2, -0.15) is 0 Å². The molecule has 0 aromatic heterocycles. The lowest BCUT2D eigenvalue weighted by Gasteiger charge is -2.32. The minimum atomic E-state index is 0.221. The van der Waals surface area contributed by atoms with E-state index in [1.54, 1.807) is 0 Å². The number of piperazine rings is 1. The van der Waals surface area contributed by atoms with Gasteiger partial charge in [0.25, 0.3) is 0 Å². The van der Waals surface area contributed by atoms with E-state index in [1.165, 1.54) is 0 Å². The second-order valence-corrected chi connectivity index (χ2v) is 3.20. The van der Waals surface area contributed by atoms with Gasteiger partial charge in [-0.1, -0.05) is 0 Å². The fraction of sp³-hybridized carbons (Fsp3) is 1.00. The van der Waals surface area contributed by atoms with E-state index >= 15 is 0 Å². The predicted molar refractivity (Wildman–Crippen MR) is 46.0 cm³/mol. The average Bonchev–Trinajstić information content (AvgIpc) is 2.06. The number of nitrogens with one attached hydrogen (secondary N) is 1. The Bertz CT molecular complexity index is 111. The molecule has 0 radical (unpaired) electrons. The molecule has 11 heavy (non-hydrogen) atoms. The van der Waals surface area contributed by atoms with E-state index in [1.807, 2.05) is 0 Å². The van der Waals surface area contributed by atoms with E-state index in [0.29, 0.717) is 5.88 Å². The van der Waals surface area contributed by atoms with Gasteiger partial charge in [-0.15, -0.1) is 11.6 Å². The van der Waals surface area contributed by atoms with Gasteiger partial charge in [-0.05, 0) is 0 Å². The molecule has 66 valence electrons. The molecule has 0 bridgehead atoms. The summed E-state index contributed by atoms with van der Waals surface area (Å²) in [7, 11) is 0. The molecule has 1 saturated heterocycles. The highest BCUT2D eigenvalue weighted by Gasteiger charge is 2.16. The Labute approximate surface area is 72.3 Å². The third kappa shape index (κ3) is 2.95. The van der Waals surface area contributed by atoms with Gasteiger partial charge in [0.2, 0.25) is 0 Å². The van der Waals surface area contributed by atoms with Crippen molar-refractivity contribution in [1.29, 1.82) is 0 Å². The molecule has 0 spiro atoms. The molecule has 1 heterocycles. The minimum absolute atomic E-state index is 0.221. The number of aliphatic hydroxyl groups excluding tert-OH is 1. The summed E-state index contributed by atoms with van der Waals surface area (Å²) in [4.78, 5) is 2.27. The molecule has 0 aromatic carbocycles. The van der Waals surface area contributed by atoms with Gasteiger partial charge in [0.05, 0.1) is 6.61 Å². The van der Waals surface area contributed by atoms with Crippen LogP contribution in [0.3, 0.4) is 0 Å². The molecule has 2 N–H and O–H groups in total. The van der Waals surface area contributed by atoms with Crippen molar-refractivity contribution in [1.82, 2.24) is 10.2 Å². The maximum atomic E-state index is 8.85. The van der Waals surface area contributed by atoms with E-state index in [4.69, 9.17) is 16.7 Å². The van der Waals surface area contributed by atoms with Gasteiger partial charge < -0.3 is 10.4 Å². The summed E-state index contributed by atoms with van der Waals surface area (Å²) in [5, 5.41) is 12.1. The van der Waals surface area contributed by atoms with Crippen molar-refractivity contribution in [2.75, 3.05) is 38.7 Å². The lowest BCUT2D eigenvalue weighted by molar-refractivity contribution is 0.154. The first-order valence-electron chi connectivity index (χ1n) is 3.99. The van der Waals surface area contributed by atoms with Gasteiger partial charge >= 0.3 is 0 Å². The van der Waals surface area contributed by atoms with Crippen molar-refractivity contribution in [3.8, 4) is 0 Å². The van der Waals surface area contributed by atoms with E-state index in [2.05, 4.69) is 10.2 Å². The predicted octanol–water partition coefficient (Wildman–Crippen LogP) is -0.509. The zero-order valence-corrected chi connectivity index (χ0v) is 7.35. The molecule has 1 rings (SSSR count). The highest BCUT2D eigenvalue weighted by molar-refractivity contribution is 6.18. The fourth-order valence-electron chi connectivity index (χ4n) is 1.34. The number of hydrogen-bond acceptors (Lipinski definition) is 3. The summed E-state index contributed by atoms with van der Waals surface area (Å²) in [6.07, 6.45) is 0. The molecular weight excluding hydrogens is 164 g/mol. The number of rotatable bonds is 3. The second kappa shape index (κ2) is 4.93. The van der Waals surface area contributed by atoms with Gasteiger partial charge in [0.1, 0.15) is 0 Å². The molecule has 0 aliphatic carbocycles. The number of hydrogen-bond donors (Lipinski definition) is 2. The summed E-state index contributed by atoms with van der Waals surface area (Å²) < 4.78 is 0. The Morgan fingerprint density at radius 1 is 1.64 bits per heavy atom. The van der Waals surface area contributed by atoms with Crippen molar-refractivity contribution in [3.63, 3.8) is 0 Å². The van der Waals surface area contributed by atoms with E-state index < -0.39 is 0 Å². The first-order valence-corrected chi connectivity index (χ1v) is 4.53. The molecule has 4 heteroatoms. The SMILES string of the molecule is OC[C@@H]1CN(CCCl)CCN1. The van der Waals surface area contributed by atoms with Crippen LogP contribution in [0.25, 0.3) is 0 Å². The molecule has 0 saturated carbocycles. The van der Waals surface area contributed by atoms with Gasteiger partial charge in [-0.3, -0.25) is 4.90 Å². The molecule has 0 aromatic rings. The molecule has 1 aliphatic heterocycles. The van der Waals surface area contributed by atoms with Crippen molar-refractivity contribution < 1.29 is 5.11 Å². The average molecular weight is 179 g/mol. The van der Waals surface area contributed by atoms with Crippen LogP contribution in [0.2, 0.25) is 0 Å². The molecule has 0 unspecified atom stereocenters. The zero-order chi connectivity index (χ0) is 8.10. The summed E-state index contributed by atoms with van der Waals surface area (Å²) in [5.74, 6) is 0.679. The first kappa shape index (κ1) is 9.26. The zero-order valence-electron chi connectivity index (χ0n) is 6.59. The Morgan fingerprint density at radius 3 is 3.09 bits per heavy atom. The van der Waals surface area contributed by atoms with Crippen LogP contribution in [-0.4, -0.2) is 54.7 Å². The summed E-state index contributed by atoms with van der Waals surface area (Å²) >= 11 is 5.60. The van der Waals surface area contributed by atoms with Crippen LogP contribution < -0.4 is 5.32 Å². The smallest absolute Gasteiger partial charge is 0.0597 e. The quantitative estimate of drug-likeness (QED) is 0.572. The molecule has 1 aliphatic rings. The Morgan fingerprint density at radius 2 is 2.45 bits per heavy atom. The monoisotopic (exact) mass is 178 g/mol. The Kier molecular flexibility index (Phi) is 4.15. The summed E-state index contributed by atoms with van der Waals surface area (Å²) in [6.45, 7) is 4.08. The number of aliphatic hydroxyl groups is 1. The van der Waals surface area contributed by atoms with E-state index in [0.717, 1.165) is 26.2 Å². The first-order chi connectivity index (χ1) is 5.36. The van der Waals surface area contributed by atoms with Crippen molar-refractivity contribution in [3.05, 3.63) is 0 Å². The normalized spacial score (nSPS) is 27.3. The van der Waals surface area contributed by atoms with Gasteiger partial charge in [-0.25, -0.2) is 0 Å². The Hall–Kier alpha value is 0.170. The molecule has 3 nitrogen and oxygen atoms in total. The number of nitrogens with zero attached hydrogens (tertiary/aromatic N) is 1. The van der Waals surface area contributed by atoms with Crippen LogP contribution in [-0.2, 0) is 0 Å². The summed E-state index contributed by atoms with van der Waals surface area (Å²) in [5.41, 5.74) is 0. The Balaban J connectivity index is 2.21. The third-order valence-electron chi connectivity index (χ3n) is 1.96. The lowest BCUT2D eigenvalue weighted by atomic mass is 10.2. The van der Waals surface area contributed by atoms with Crippen molar-refractivity contribution >= 4 is 11.6 Å². The number of alkyl halides is 1. The van der Waals surface area contributed by atoms with E-state index in [-0.39, 0.29) is 12.6 Å². The highest BCUT2D eigenvalue weighted by atomic mass is 35.5. The van der Waals surface area contributed by atoms with Gasteiger partial charge in [0.15, 0.2) is 0 Å². The van der Waals surface area contributed by atoms with Crippen LogP contribution in [0.4, 0.5) is 0 Å². The van der Waals surface area contributed by atoms with Crippen LogP contribution in [0, 0.1) is 0 Å². The largest absolute Gasteiger partial charge is 0.395 e. The molecule has 0 amide bonds. The lowest BCUT2D eigenvalue weighted by Crippen LogP contribution is -2.52. The maximum Gasteiger partial charge on any atom is 0.0597 e. The fourth-order valence-corrected chi connectivity index (χ4v) is 1.58. The second-order valence-electron chi connectivity index (χ2n) is 2.82.